The summed E-state index contributed by atoms with van der Waals surface area (Å²) in [4.78, 5) is 38.6. The van der Waals surface area contributed by atoms with Crippen LogP contribution in [0.25, 0.3) is 0 Å². The molecule has 0 aromatic heterocycles. The number of nitrogens with zero attached hydrogens (tertiary/aromatic N) is 1. The third kappa shape index (κ3) is 4.77. The molecule has 1 saturated heterocycles. The molecule has 0 saturated carbocycles. The van der Waals surface area contributed by atoms with Crippen LogP contribution >= 0.6 is 11.6 Å². The van der Waals surface area contributed by atoms with Gasteiger partial charge in [-0.05, 0) is 44.0 Å². The number of amides is 3. The number of rotatable bonds is 5. The zero-order chi connectivity index (χ0) is 21.1. The van der Waals surface area contributed by atoms with E-state index in [1.54, 1.807) is 24.3 Å². The summed E-state index contributed by atoms with van der Waals surface area (Å²) in [6, 6.07) is 11.0. The molecule has 1 fully saturated rings. The van der Waals surface area contributed by atoms with E-state index in [0.717, 1.165) is 22.4 Å². The smallest absolute Gasteiger partial charge is 0.243 e. The standard InChI is InChI=1S/C22H24ClN3O3/c1-13-8-14(2)21(15(3)9-13)25-19(27)11-24-22(29)16-10-20(28)26(12-16)18-7-5-4-6-17(18)23/h4-9,16H,10-12H2,1-3H3,(H,24,29)(H,25,27). The van der Waals surface area contributed by atoms with Gasteiger partial charge in [0.1, 0.15) is 0 Å². The molecular formula is C22H24ClN3O3. The fraction of sp³-hybridized carbons (Fsp3) is 0.318. The van der Waals surface area contributed by atoms with Crippen molar-refractivity contribution in [2.45, 2.75) is 27.2 Å². The average Bonchev–Trinajstić information content (AvgIpc) is 3.04. The fourth-order valence-corrected chi connectivity index (χ4v) is 3.90. The van der Waals surface area contributed by atoms with Crippen LogP contribution in [-0.4, -0.2) is 30.8 Å². The Balaban J connectivity index is 1.57. The minimum Gasteiger partial charge on any atom is -0.347 e. The number of benzene rings is 2. The van der Waals surface area contributed by atoms with E-state index in [-0.39, 0.29) is 37.2 Å². The van der Waals surface area contributed by atoms with Gasteiger partial charge in [0.2, 0.25) is 17.7 Å². The Morgan fingerprint density at radius 3 is 2.45 bits per heavy atom. The first kappa shape index (κ1) is 20.9. The average molecular weight is 414 g/mol. The molecule has 0 spiro atoms. The molecular weight excluding hydrogens is 390 g/mol. The molecule has 0 radical (unpaired) electrons. The van der Waals surface area contributed by atoms with Gasteiger partial charge < -0.3 is 15.5 Å². The van der Waals surface area contributed by atoms with E-state index in [2.05, 4.69) is 10.6 Å². The quantitative estimate of drug-likeness (QED) is 0.788. The molecule has 0 aliphatic carbocycles. The van der Waals surface area contributed by atoms with Crippen LogP contribution in [0.4, 0.5) is 11.4 Å². The number of halogens is 1. The highest BCUT2D eigenvalue weighted by molar-refractivity contribution is 6.33. The molecule has 1 aliphatic rings. The van der Waals surface area contributed by atoms with Crippen molar-refractivity contribution in [2.24, 2.45) is 5.92 Å². The van der Waals surface area contributed by atoms with Crippen molar-refractivity contribution in [1.29, 1.82) is 0 Å². The topological polar surface area (TPSA) is 78.5 Å². The summed E-state index contributed by atoms with van der Waals surface area (Å²) in [5.41, 5.74) is 4.42. The molecule has 1 unspecified atom stereocenters. The maximum absolute atomic E-state index is 12.5. The van der Waals surface area contributed by atoms with Crippen molar-refractivity contribution in [3.05, 3.63) is 58.1 Å². The molecule has 6 nitrogen and oxygen atoms in total. The summed E-state index contributed by atoms with van der Waals surface area (Å²) in [5, 5.41) is 5.96. The van der Waals surface area contributed by atoms with E-state index in [1.165, 1.54) is 4.90 Å². The Kier molecular flexibility index (Phi) is 6.23. The minimum atomic E-state index is -0.519. The number of hydrogen-bond acceptors (Lipinski definition) is 3. The highest BCUT2D eigenvalue weighted by Crippen LogP contribution is 2.31. The summed E-state index contributed by atoms with van der Waals surface area (Å²) in [6.07, 6.45) is 0.0921. The van der Waals surface area contributed by atoms with Crippen LogP contribution < -0.4 is 15.5 Å². The van der Waals surface area contributed by atoms with Crippen LogP contribution in [0.15, 0.2) is 36.4 Å². The number of hydrogen-bond donors (Lipinski definition) is 2. The van der Waals surface area contributed by atoms with Crippen molar-refractivity contribution in [3.8, 4) is 0 Å². The van der Waals surface area contributed by atoms with E-state index < -0.39 is 5.92 Å². The summed E-state index contributed by atoms with van der Waals surface area (Å²) in [5.74, 6) is -1.30. The fourth-order valence-electron chi connectivity index (χ4n) is 3.66. The number of carbonyl (C=O) groups excluding carboxylic acids is 3. The number of carbonyl (C=O) groups is 3. The Bertz CT molecular complexity index is 951. The molecule has 1 heterocycles. The first-order valence-corrected chi connectivity index (χ1v) is 9.84. The van der Waals surface area contributed by atoms with Crippen molar-refractivity contribution < 1.29 is 14.4 Å². The first-order valence-electron chi connectivity index (χ1n) is 9.46. The molecule has 7 heteroatoms. The van der Waals surface area contributed by atoms with E-state index in [1.807, 2.05) is 32.9 Å². The molecule has 3 amide bonds. The predicted molar refractivity (Wildman–Crippen MR) is 114 cm³/mol. The SMILES string of the molecule is Cc1cc(C)c(NC(=O)CNC(=O)C2CC(=O)N(c3ccccc3Cl)C2)c(C)c1. The molecule has 152 valence electrons. The van der Waals surface area contributed by atoms with Gasteiger partial charge in [-0.1, -0.05) is 41.4 Å². The zero-order valence-corrected chi connectivity index (χ0v) is 17.5. The van der Waals surface area contributed by atoms with Gasteiger partial charge in [0, 0.05) is 18.7 Å². The molecule has 0 bridgehead atoms. The van der Waals surface area contributed by atoms with Crippen molar-refractivity contribution in [3.63, 3.8) is 0 Å². The van der Waals surface area contributed by atoms with Gasteiger partial charge in [-0.2, -0.15) is 0 Å². The van der Waals surface area contributed by atoms with Gasteiger partial charge >= 0.3 is 0 Å². The number of para-hydroxylation sites is 1. The predicted octanol–water partition coefficient (Wildman–Crippen LogP) is 3.37. The van der Waals surface area contributed by atoms with Gasteiger partial charge in [0.15, 0.2) is 0 Å². The molecule has 2 aromatic rings. The van der Waals surface area contributed by atoms with Gasteiger partial charge in [0.25, 0.3) is 0 Å². The summed E-state index contributed by atoms with van der Waals surface area (Å²) in [7, 11) is 0. The van der Waals surface area contributed by atoms with Gasteiger partial charge in [-0.3, -0.25) is 14.4 Å². The van der Waals surface area contributed by atoms with E-state index in [0.29, 0.717) is 10.7 Å². The normalized spacial score (nSPS) is 16.1. The van der Waals surface area contributed by atoms with Crippen LogP contribution in [0.2, 0.25) is 5.02 Å². The third-order valence-corrected chi connectivity index (χ3v) is 5.32. The van der Waals surface area contributed by atoms with E-state index >= 15 is 0 Å². The van der Waals surface area contributed by atoms with Crippen LogP contribution in [0.1, 0.15) is 23.1 Å². The first-order chi connectivity index (χ1) is 13.8. The summed E-state index contributed by atoms with van der Waals surface area (Å²) >= 11 is 6.16. The largest absolute Gasteiger partial charge is 0.347 e. The highest BCUT2D eigenvalue weighted by atomic mass is 35.5. The van der Waals surface area contributed by atoms with Crippen LogP contribution in [0, 0.1) is 26.7 Å². The Hall–Kier alpha value is -2.86. The molecule has 1 aliphatic heterocycles. The second kappa shape index (κ2) is 8.66. The number of nitrogens with one attached hydrogen (secondary N) is 2. The zero-order valence-electron chi connectivity index (χ0n) is 16.7. The van der Waals surface area contributed by atoms with Gasteiger partial charge in [-0.15, -0.1) is 0 Å². The van der Waals surface area contributed by atoms with Gasteiger partial charge in [0.05, 0.1) is 23.2 Å². The van der Waals surface area contributed by atoms with Gasteiger partial charge in [-0.25, -0.2) is 0 Å². The van der Waals surface area contributed by atoms with E-state index in [4.69, 9.17) is 11.6 Å². The van der Waals surface area contributed by atoms with Crippen molar-refractivity contribution in [2.75, 3.05) is 23.3 Å². The molecule has 1 atom stereocenters. The molecule has 2 N–H and O–H groups in total. The third-order valence-electron chi connectivity index (χ3n) is 5.00. The number of anilines is 2. The van der Waals surface area contributed by atoms with Crippen LogP contribution in [0.5, 0.6) is 0 Å². The second-order valence-corrected chi connectivity index (χ2v) is 7.80. The monoisotopic (exact) mass is 413 g/mol. The Morgan fingerprint density at radius 2 is 1.79 bits per heavy atom. The molecule has 29 heavy (non-hydrogen) atoms. The van der Waals surface area contributed by atoms with Crippen molar-refractivity contribution in [1.82, 2.24) is 5.32 Å². The lowest BCUT2D eigenvalue weighted by Crippen LogP contribution is -2.38. The maximum Gasteiger partial charge on any atom is 0.243 e. The second-order valence-electron chi connectivity index (χ2n) is 7.40. The highest BCUT2D eigenvalue weighted by Gasteiger charge is 2.35. The van der Waals surface area contributed by atoms with Crippen molar-refractivity contribution >= 4 is 40.7 Å². The number of aryl methyl sites for hydroxylation is 3. The molecule has 2 aromatic carbocycles. The Morgan fingerprint density at radius 1 is 1.14 bits per heavy atom. The lowest BCUT2D eigenvalue weighted by Gasteiger charge is -2.18. The van der Waals surface area contributed by atoms with Crippen LogP contribution in [-0.2, 0) is 14.4 Å². The Labute approximate surface area is 175 Å². The maximum atomic E-state index is 12.5. The lowest BCUT2D eigenvalue weighted by molar-refractivity contribution is -0.127. The summed E-state index contributed by atoms with van der Waals surface area (Å²) in [6.45, 7) is 5.96. The van der Waals surface area contributed by atoms with Crippen LogP contribution in [0.3, 0.4) is 0 Å². The minimum absolute atomic E-state index is 0.0921. The lowest BCUT2D eigenvalue weighted by atomic mass is 10.1. The summed E-state index contributed by atoms with van der Waals surface area (Å²) < 4.78 is 0. The molecule has 3 rings (SSSR count). The van der Waals surface area contributed by atoms with E-state index in [9.17, 15) is 14.4 Å².